The Labute approximate surface area is 240 Å². The zero-order valence-corrected chi connectivity index (χ0v) is 22.4. The third kappa shape index (κ3) is 4.67. The molecular weight excluding hydrogens is 572 g/mol. The van der Waals surface area contributed by atoms with Crippen LogP contribution in [0.3, 0.4) is 0 Å². The highest BCUT2D eigenvalue weighted by atomic mass is 35.5. The number of aromatic amines is 2. The van der Waals surface area contributed by atoms with Gasteiger partial charge in [-0.05, 0) is 18.2 Å². The van der Waals surface area contributed by atoms with Gasteiger partial charge < -0.3 is 25.9 Å². The van der Waals surface area contributed by atoms with Crippen molar-refractivity contribution in [1.29, 1.82) is 0 Å². The summed E-state index contributed by atoms with van der Waals surface area (Å²) in [5.41, 5.74) is 6.28. The molecule has 0 saturated carbocycles. The first-order valence-electron chi connectivity index (χ1n) is 12.8. The summed E-state index contributed by atoms with van der Waals surface area (Å²) in [7, 11) is 0. The summed E-state index contributed by atoms with van der Waals surface area (Å²) in [6.45, 7) is -0.720. The van der Waals surface area contributed by atoms with Gasteiger partial charge in [0.15, 0.2) is 11.5 Å². The van der Waals surface area contributed by atoms with Crippen LogP contribution >= 0.6 is 11.6 Å². The summed E-state index contributed by atoms with van der Waals surface area (Å²) >= 11 is 6.45. The van der Waals surface area contributed by atoms with Gasteiger partial charge in [-0.2, -0.15) is 5.10 Å². The van der Waals surface area contributed by atoms with Gasteiger partial charge in [-0.3, -0.25) is 19.1 Å². The van der Waals surface area contributed by atoms with Crippen LogP contribution in [-0.2, 0) is 16.1 Å². The molecule has 0 bridgehead atoms. The smallest absolute Gasteiger partial charge is 0.323 e. The molecule has 5 aromatic rings. The molecule has 0 unspecified atom stereocenters. The Morgan fingerprint density at radius 1 is 1.07 bits per heavy atom. The second kappa shape index (κ2) is 10.4. The lowest BCUT2D eigenvalue weighted by atomic mass is 10.0. The molecule has 6 rings (SSSR count). The first kappa shape index (κ1) is 27.1. The number of primary amides is 1. The Morgan fingerprint density at radius 2 is 1.86 bits per heavy atom. The van der Waals surface area contributed by atoms with E-state index in [1.165, 1.54) is 28.9 Å². The number of nitrogens with one attached hydrogen (secondary N) is 3. The number of halogens is 3. The average molecular weight is 594 g/mol. The Bertz CT molecular complexity index is 1970. The van der Waals surface area contributed by atoms with Crippen LogP contribution < -0.4 is 16.7 Å². The van der Waals surface area contributed by atoms with Crippen molar-refractivity contribution in [2.75, 3.05) is 11.9 Å². The van der Waals surface area contributed by atoms with Crippen LogP contribution in [0.2, 0.25) is 5.02 Å². The topological polar surface area (TPSA) is 159 Å². The molecule has 2 atom stereocenters. The second-order valence-electron chi connectivity index (χ2n) is 9.87. The number of benzene rings is 3. The number of likely N-dealkylation sites (tertiary alicyclic amines) is 1. The van der Waals surface area contributed by atoms with Crippen molar-refractivity contribution >= 4 is 56.9 Å². The predicted octanol–water partition coefficient (Wildman–Crippen LogP) is 3.34. The van der Waals surface area contributed by atoms with Crippen molar-refractivity contribution in [3.8, 4) is 11.1 Å². The lowest BCUT2D eigenvalue weighted by Crippen LogP contribution is -2.44. The van der Waals surface area contributed by atoms with Gasteiger partial charge in [-0.15, -0.1) is 0 Å². The fraction of sp³-hybridized carbons (Fsp3) is 0.179. The number of aromatic nitrogens is 4. The summed E-state index contributed by atoms with van der Waals surface area (Å²) in [5, 5.41) is 7.19. The Morgan fingerprint density at radius 3 is 2.64 bits per heavy atom. The van der Waals surface area contributed by atoms with Gasteiger partial charge in [-0.1, -0.05) is 48.0 Å². The number of hydrogen-bond donors (Lipinski definition) is 4. The molecule has 3 amide bonds. The Hall–Kier alpha value is -5.04. The van der Waals surface area contributed by atoms with Gasteiger partial charge in [0, 0.05) is 22.9 Å². The van der Waals surface area contributed by atoms with Crippen LogP contribution in [0.4, 0.5) is 14.5 Å². The number of carbonyl (C=O) groups excluding carboxylic acids is 3. The van der Waals surface area contributed by atoms with E-state index in [9.17, 15) is 23.6 Å². The molecule has 42 heavy (non-hydrogen) atoms. The zero-order valence-electron chi connectivity index (χ0n) is 21.7. The van der Waals surface area contributed by atoms with Crippen molar-refractivity contribution in [3.63, 3.8) is 0 Å². The van der Waals surface area contributed by atoms with Crippen molar-refractivity contribution in [1.82, 2.24) is 24.6 Å². The van der Waals surface area contributed by atoms with Crippen LogP contribution in [0.15, 0.2) is 59.4 Å². The molecule has 0 aliphatic carbocycles. The molecule has 14 heteroatoms. The number of para-hydroxylation sites is 1. The lowest BCUT2D eigenvalue weighted by molar-refractivity contribution is -0.137. The van der Waals surface area contributed by atoms with Crippen LogP contribution in [-0.4, -0.2) is 61.1 Å². The summed E-state index contributed by atoms with van der Waals surface area (Å²) in [5.74, 6) is -2.97. The average Bonchev–Trinajstić information content (AvgIpc) is 3.65. The predicted molar refractivity (Wildman–Crippen MR) is 151 cm³/mol. The molecule has 0 radical (unpaired) electrons. The van der Waals surface area contributed by atoms with Crippen molar-refractivity contribution < 1.29 is 23.2 Å². The van der Waals surface area contributed by atoms with E-state index in [1.807, 2.05) is 0 Å². The molecule has 214 valence electrons. The highest BCUT2D eigenvalue weighted by Gasteiger charge is 2.40. The number of rotatable bonds is 6. The number of nitrogens with two attached hydrogens (primary N) is 1. The maximum Gasteiger partial charge on any atom is 0.323 e. The monoisotopic (exact) mass is 593 g/mol. The fourth-order valence-corrected chi connectivity index (χ4v) is 5.60. The Balaban J connectivity index is 1.25. The zero-order chi connectivity index (χ0) is 29.7. The number of imidazole rings is 1. The van der Waals surface area contributed by atoms with E-state index in [0.717, 1.165) is 4.90 Å². The number of hydrogen-bond acceptors (Lipinski definition) is 5. The van der Waals surface area contributed by atoms with Crippen LogP contribution in [0.25, 0.3) is 33.1 Å². The maximum absolute atomic E-state index is 15.7. The molecular formula is C28H22ClF2N7O4. The molecule has 3 aromatic carbocycles. The van der Waals surface area contributed by atoms with Crippen molar-refractivity contribution in [3.05, 3.63) is 81.6 Å². The van der Waals surface area contributed by atoms with Crippen molar-refractivity contribution in [2.24, 2.45) is 5.73 Å². The number of fused-ring (bicyclic) bond motifs is 2. The number of H-pyrrole nitrogens is 2. The van der Waals surface area contributed by atoms with Gasteiger partial charge >= 0.3 is 5.69 Å². The van der Waals surface area contributed by atoms with E-state index in [2.05, 4.69) is 20.4 Å². The van der Waals surface area contributed by atoms with Gasteiger partial charge in [-0.25, -0.2) is 13.6 Å². The van der Waals surface area contributed by atoms with Crippen molar-refractivity contribution in [2.45, 2.75) is 25.2 Å². The highest BCUT2D eigenvalue weighted by Crippen LogP contribution is 2.36. The molecule has 1 aliphatic heterocycles. The van der Waals surface area contributed by atoms with Gasteiger partial charge in [0.05, 0.1) is 33.8 Å². The fourth-order valence-electron chi connectivity index (χ4n) is 5.29. The van der Waals surface area contributed by atoms with Crippen LogP contribution in [0, 0.1) is 5.82 Å². The van der Waals surface area contributed by atoms with Crippen LogP contribution in [0.1, 0.15) is 16.9 Å². The molecule has 1 aliphatic rings. The number of anilines is 1. The molecule has 3 heterocycles. The van der Waals surface area contributed by atoms with E-state index >= 15 is 4.39 Å². The highest BCUT2D eigenvalue weighted by molar-refractivity contribution is 6.37. The number of amides is 3. The minimum atomic E-state index is -1.48. The second-order valence-corrected chi connectivity index (χ2v) is 10.2. The van der Waals surface area contributed by atoms with E-state index in [-0.39, 0.29) is 47.0 Å². The van der Waals surface area contributed by atoms with E-state index < -0.39 is 41.4 Å². The van der Waals surface area contributed by atoms with E-state index in [4.69, 9.17) is 17.3 Å². The summed E-state index contributed by atoms with van der Waals surface area (Å²) in [6, 6.07) is 12.9. The van der Waals surface area contributed by atoms with E-state index in [1.54, 1.807) is 30.3 Å². The van der Waals surface area contributed by atoms with Gasteiger partial charge in [0.25, 0.3) is 5.91 Å². The summed E-state index contributed by atoms with van der Waals surface area (Å²) < 4.78 is 31.5. The lowest BCUT2D eigenvalue weighted by Gasteiger charge is -2.24. The third-order valence-electron chi connectivity index (χ3n) is 7.22. The van der Waals surface area contributed by atoms with Gasteiger partial charge in [0.2, 0.25) is 11.8 Å². The largest absolute Gasteiger partial charge is 0.364 e. The first-order chi connectivity index (χ1) is 20.1. The minimum Gasteiger partial charge on any atom is -0.364 e. The normalized spacial score (nSPS) is 16.8. The minimum absolute atomic E-state index is 0.0186. The van der Waals surface area contributed by atoms with E-state index in [0.29, 0.717) is 21.9 Å². The Kier molecular flexibility index (Phi) is 6.73. The molecule has 1 saturated heterocycles. The number of nitrogens with zero attached hydrogens (tertiary/aromatic N) is 3. The van der Waals surface area contributed by atoms with Crippen LogP contribution in [0.5, 0.6) is 0 Å². The van der Waals surface area contributed by atoms with Gasteiger partial charge in [0.1, 0.15) is 18.8 Å². The SMILES string of the molecule is NC(=O)c1nn(CC(=O)N2C[C@H](F)C[C@H]2C(=O)Nc2cccc(-c3ccc4[nH]c(=O)[nH]c4c3Cl)c2F)c2ccccc12. The molecule has 0 spiro atoms. The number of alkyl halides is 1. The standard InChI is InChI=1S/C28H22ClF2N7O4/c29-22-14(8-9-18-25(22)35-28(42)34-18)15-5-3-6-17(23(15)31)33-27(41)20-10-13(30)11-37(20)21(39)12-38-19-7-2-1-4-16(19)24(36-38)26(32)40/h1-9,13,20H,10-12H2,(H2,32,40)(H,33,41)(H2,34,35,42)/t13-,20+/m1/s1. The first-order valence-corrected chi connectivity index (χ1v) is 13.2. The molecule has 2 aromatic heterocycles. The molecule has 1 fully saturated rings. The maximum atomic E-state index is 15.7. The molecule has 5 N–H and O–H groups in total. The molecule has 11 nitrogen and oxygen atoms in total. The quantitative estimate of drug-likeness (QED) is 0.237. The summed E-state index contributed by atoms with van der Waals surface area (Å²) in [4.78, 5) is 56.3. The third-order valence-corrected chi connectivity index (χ3v) is 7.62. The number of carbonyl (C=O) groups is 3. The summed E-state index contributed by atoms with van der Waals surface area (Å²) in [6.07, 6.45) is -1.76.